The number of hydrogen-bond donors (Lipinski definition) is 1. The van der Waals surface area contributed by atoms with Crippen LogP contribution in [0.5, 0.6) is 5.75 Å². The minimum Gasteiger partial charge on any atom is -0.488 e. The van der Waals surface area contributed by atoms with Gasteiger partial charge in [0.1, 0.15) is 17.7 Å². The third kappa shape index (κ3) is 2.96. The second-order valence-corrected chi connectivity index (χ2v) is 6.24. The fourth-order valence-electron chi connectivity index (χ4n) is 3.34. The van der Waals surface area contributed by atoms with Gasteiger partial charge in [0.05, 0.1) is 0 Å². The topological polar surface area (TPSA) is 24.5 Å². The van der Waals surface area contributed by atoms with E-state index in [1.807, 2.05) is 0 Å². The fourth-order valence-corrected chi connectivity index (χ4v) is 3.34. The van der Waals surface area contributed by atoms with E-state index in [-0.39, 0.29) is 11.9 Å². The van der Waals surface area contributed by atoms with Crippen LogP contribution >= 0.6 is 0 Å². The lowest BCUT2D eigenvalue weighted by Crippen LogP contribution is -2.49. The maximum Gasteiger partial charge on any atom is 0.123 e. The van der Waals surface area contributed by atoms with Gasteiger partial charge in [-0.2, -0.15) is 0 Å². The molecule has 1 aromatic carbocycles. The number of fused-ring (bicyclic) bond motifs is 1. The smallest absolute Gasteiger partial charge is 0.123 e. The maximum atomic E-state index is 13.2. The van der Waals surface area contributed by atoms with Crippen molar-refractivity contribution in [3.63, 3.8) is 0 Å². The van der Waals surface area contributed by atoms with E-state index < -0.39 is 0 Å². The van der Waals surface area contributed by atoms with Crippen molar-refractivity contribution < 1.29 is 9.13 Å². The van der Waals surface area contributed by atoms with Gasteiger partial charge < -0.3 is 15.0 Å². The summed E-state index contributed by atoms with van der Waals surface area (Å²) in [5.41, 5.74) is 0.994. The number of likely N-dealkylation sites (tertiary alicyclic amines) is 1. The quantitative estimate of drug-likeness (QED) is 0.916. The van der Waals surface area contributed by atoms with E-state index in [0.717, 1.165) is 37.4 Å². The molecule has 3 rings (SSSR count). The highest BCUT2D eigenvalue weighted by molar-refractivity contribution is 5.37. The van der Waals surface area contributed by atoms with Gasteiger partial charge in [-0.25, -0.2) is 4.39 Å². The van der Waals surface area contributed by atoms with Crippen molar-refractivity contribution in [3.8, 4) is 5.75 Å². The first-order valence-electron chi connectivity index (χ1n) is 7.49. The van der Waals surface area contributed by atoms with Crippen LogP contribution in [0.2, 0.25) is 0 Å². The number of hydrogen-bond acceptors (Lipinski definition) is 3. The van der Waals surface area contributed by atoms with E-state index in [2.05, 4.69) is 24.2 Å². The van der Waals surface area contributed by atoms with E-state index in [9.17, 15) is 4.39 Å². The average molecular weight is 278 g/mol. The van der Waals surface area contributed by atoms with Gasteiger partial charge in [0, 0.05) is 31.1 Å². The summed E-state index contributed by atoms with van der Waals surface area (Å²) in [5, 5.41) is 3.64. The first kappa shape index (κ1) is 13.8. The highest BCUT2D eigenvalue weighted by Gasteiger charge is 2.27. The third-order valence-corrected chi connectivity index (χ3v) is 4.48. The Morgan fingerprint density at radius 2 is 2.30 bits per heavy atom. The predicted molar refractivity (Wildman–Crippen MR) is 77.6 cm³/mol. The van der Waals surface area contributed by atoms with Crippen LogP contribution in [-0.4, -0.2) is 43.7 Å². The average Bonchev–Trinajstić information content (AvgIpc) is 2.79. The minimum atomic E-state index is -0.176. The van der Waals surface area contributed by atoms with E-state index in [1.165, 1.54) is 12.5 Å². The zero-order valence-corrected chi connectivity index (χ0v) is 12.2. The SMILES string of the molecule is CC1CN(C)CCC1NCC1Cc2cc(F)ccc2O1. The van der Waals surface area contributed by atoms with Gasteiger partial charge in [-0.3, -0.25) is 0 Å². The van der Waals surface area contributed by atoms with Crippen molar-refractivity contribution in [3.05, 3.63) is 29.6 Å². The molecule has 0 spiro atoms. The van der Waals surface area contributed by atoms with Gasteiger partial charge in [-0.05, 0) is 44.1 Å². The number of nitrogens with one attached hydrogen (secondary N) is 1. The number of rotatable bonds is 3. The van der Waals surface area contributed by atoms with E-state index in [4.69, 9.17) is 4.74 Å². The Morgan fingerprint density at radius 3 is 3.10 bits per heavy atom. The van der Waals surface area contributed by atoms with E-state index in [0.29, 0.717) is 12.0 Å². The Labute approximate surface area is 120 Å². The molecule has 110 valence electrons. The van der Waals surface area contributed by atoms with Crippen LogP contribution in [0.1, 0.15) is 18.9 Å². The van der Waals surface area contributed by atoms with Gasteiger partial charge in [-0.1, -0.05) is 6.92 Å². The molecule has 1 aromatic rings. The molecule has 0 saturated carbocycles. The molecule has 0 aliphatic carbocycles. The van der Waals surface area contributed by atoms with Gasteiger partial charge in [0.15, 0.2) is 0 Å². The normalized spacial score (nSPS) is 30.1. The molecular weight excluding hydrogens is 255 g/mol. The fraction of sp³-hybridized carbons (Fsp3) is 0.625. The first-order chi connectivity index (χ1) is 9.61. The predicted octanol–water partition coefficient (Wildman–Crippen LogP) is 2.06. The zero-order chi connectivity index (χ0) is 14.1. The minimum absolute atomic E-state index is 0.138. The van der Waals surface area contributed by atoms with Crippen LogP contribution < -0.4 is 10.1 Å². The monoisotopic (exact) mass is 278 g/mol. The Balaban J connectivity index is 1.51. The summed E-state index contributed by atoms with van der Waals surface area (Å²) in [6, 6.07) is 5.36. The Hall–Kier alpha value is -1.13. The molecule has 0 aromatic heterocycles. The molecule has 4 heteroatoms. The molecular formula is C16H23FN2O. The second-order valence-electron chi connectivity index (χ2n) is 6.24. The molecule has 0 radical (unpaired) electrons. The number of halogens is 1. The summed E-state index contributed by atoms with van der Waals surface area (Å²) in [5.74, 6) is 1.33. The largest absolute Gasteiger partial charge is 0.488 e. The van der Waals surface area contributed by atoms with Crippen molar-refractivity contribution >= 4 is 0 Å². The molecule has 2 aliphatic heterocycles. The number of benzene rings is 1. The van der Waals surface area contributed by atoms with Crippen LogP contribution in [0.3, 0.4) is 0 Å². The Kier molecular flexibility index (Phi) is 3.94. The van der Waals surface area contributed by atoms with E-state index >= 15 is 0 Å². The highest BCUT2D eigenvalue weighted by atomic mass is 19.1. The van der Waals surface area contributed by atoms with Crippen molar-refractivity contribution in [2.24, 2.45) is 5.92 Å². The second kappa shape index (κ2) is 5.70. The summed E-state index contributed by atoms with van der Waals surface area (Å²) in [4.78, 5) is 2.38. The number of ether oxygens (including phenoxy) is 1. The molecule has 20 heavy (non-hydrogen) atoms. The summed E-state index contributed by atoms with van der Waals surface area (Å²) in [7, 11) is 2.18. The van der Waals surface area contributed by atoms with E-state index in [1.54, 1.807) is 12.1 Å². The molecule has 0 amide bonds. The van der Waals surface area contributed by atoms with Crippen LogP contribution in [0.25, 0.3) is 0 Å². The Morgan fingerprint density at radius 1 is 1.45 bits per heavy atom. The van der Waals surface area contributed by atoms with Gasteiger partial charge >= 0.3 is 0 Å². The molecule has 2 aliphatic rings. The number of nitrogens with zero attached hydrogens (tertiary/aromatic N) is 1. The van der Waals surface area contributed by atoms with Crippen molar-refractivity contribution in [2.75, 3.05) is 26.7 Å². The molecule has 1 fully saturated rings. The number of piperidine rings is 1. The summed E-state index contributed by atoms with van der Waals surface area (Å²) < 4.78 is 19.0. The lowest BCUT2D eigenvalue weighted by Gasteiger charge is -2.35. The van der Waals surface area contributed by atoms with Crippen LogP contribution in [0.15, 0.2) is 18.2 Å². The summed E-state index contributed by atoms with van der Waals surface area (Å²) >= 11 is 0. The lowest BCUT2D eigenvalue weighted by atomic mass is 9.94. The lowest BCUT2D eigenvalue weighted by molar-refractivity contribution is 0.156. The summed E-state index contributed by atoms with van der Waals surface area (Å²) in [6.07, 6.45) is 2.13. The highest BCUT2D eigenvalue weighted by Crippen LogP contribution is 2.29. The maximum absolute atomic E-state index is 13.2. The van der Waals surface area contributed by atoms with Gasteiger partial charge in [0.25, 0.3) is 0 Å². The molecule has 2 heterocycles. The molecule has 1 saturated heterocycles. The van der Waals surface area contributed by atoms with Crippen molar-refractivity contribution in [2.45, 2.75) is 31.9 Å². The zero-order valence-electron chi connectivity index (χ0n) is 12.2. The third-order valence-electron chi connectivity index (χ3n) is 4.48. The van der Waals surface area contributed by atoms with Crippen LogP contribution in [0.4, 0.5) is 4.39 Å². The van der Waals surface area contributed by atoms with Gasteiger partial charge in [-0.15, -0.1) is 0 Å². The van der Waals surface area contributed by atoms with Crippen LogP contribution in [-0.2, 0) is 6.42 Å². The van der Waals surface area contributed by atoms with Crippen molar-refractivity contribution in [1.82, 2.24) is 10.2 Å². The van der Waals surface area contributed by atoms with Crippen molar-refractivity contribution in [1.29, 1.82) is 0 Å². The van der Waals surface area contributed by atoms with Crippen LogP contribution in [0, 0.1) is 11.7 Å². The molecule has 0 bridgehead atoms. The molecule has 3 nitrogen and oxygen atoms in total. The summed E-state index contributed by atoms with van der Waals surface area (Å²) in [6.45, 7) is 5.44. The standard InChI is InChI=1S/C16H23FN2O/c1-11-10-19(2)6-5-15(11)18-9-14-8-12-7-13(17)3-4-16(12)20-14/h3-4,7,11,14-15,18H,5-6,8-10H2,1-2H3. The molecule has 3 atom stereocenters. The Bertz CT molecular complexity index is 480. The first-order valence-corrected chi connectivity index (χ1v) is 7.49. The molecule has 3 unspecified atom stereocenters. The molecule has 1 N–H and O–H groups in total. The van der Waals surface area contributed by atoms with Gasteiger partial charge in [0.2, 0.25) is 0 Å².